The van der Waals surface area contributed by atoms with E-state index in [0.717, 1.165) is 25.1 Å². The van der Waals surface area contributed by atoms with Crippen molar-refractivity contribution in [1.82, 2.24) is 4.90 Å². The monoisotopic (exact) mass is 299 g/mol. The molecule has 21 heavy (non-hydrogen) atoms. The molecule has 0 aliphatic carbocycles. The van der Waals surface area contributed by atoms with Crippen molar-refractivity contribution >= 4 is 5.97 Å². The van der Waals surface area contributed by atoms with E-state index < -0.39 is 29.7 Å². The highest BCUT2D eigenvalue weighted by Crippen LogP contribution is 2.30. The number of aliphatic hydroxyl groups is 3. The molecule has 0 aromatic carbocycles. The van der Waals surface area contributed by atoms with Crippen LogP contribution >= 0.6 is 0 Å². The molecule has 6 heteroatoms. The summed E-state index contributed by atoms with van der Waals surface area (Å²) < 4.78 is 5.22. The molecule has 2 aliphatic rings. The maximum atomic E-state index is 12.1. The molecular formula is C15H25NO5. The number of carbonyl (C=O) groups excluding carboxylic acids is 1. The summed E-state index contributed by atoms with van der Waals surface area (Å²) in [4.78, 5) is 14.3. The topological polar surface area (TPSA) is 90.2 Å². The molecule has 1 saturated heterocycles. The summed E-state index contributed by atoms with van der Waals surface area (Å²) >= 11 is 0. The quantitative estimate of drug-likeness (QED) is 0.476. The van der Waals surface area contributed by atoms with Crippen LogP contribution in [0.25, 0.3) is 0 Å². The van der Waals surface area contributed by atoms with Gasteiger partial charge < -0.3 is 20.1 Å². The minimum Gasteiger partial charge on any atom is -0.459 e. The molecule has 2 aliphatic heterocycles. The summed E-state index contributed by atoms with van der Waals surface area (Å²) in [5.74, 6) is -1.28. The Bertz CT molecular complexity index is 424. The van der Waals surface area contributed by atoms with Crippen molar-refractivity contribution in [2.75, 3.05) is 19.7 Å². The van der Waals surface area contributed by atoms with E-state index in [1.165, 1.54) is 6.92 Å². The summed E-state index contributed by atoms with van der Waals surface area (Å²) in [6.45, 7) is 6.32. The average molecular weight is 299 g/mol. The Labute approximate surface area is 125 Å². The van der Waals surface area contributed by atoms with Crippen LogP contribution in [0.5, 0.6) is 0 Å². The van der Waals surface area contributed by atoms with E-state index in [0.29, 0.717) is 0 Å². The second-order valence-electron chi connectivity index (χ2n) is 6.31. The van der Waals surface area contributed by atoms with Crippen molar-refractivity contribution < 1.29 is 24.9 Å². The molecule has 2 rings (SSSR count). The molecule has 6 nitrogen and oxygen atoms in total. The number of hydrogen-bond acceptors (Lipinski definition) is 6. The highest BCUT2D eigenvalue weighted by Gasteiger charge is 2.46. The van der Waals surface area contributed by atoms with Crippen LogP contribution in [0, 0.1) is 5.92 Å². The highest BCUT2D eigenvalue weighted by molar-refractivity contribution is 5.80. The van der Waals surface area contributed by atoms with Crippen molar-refractivity contribution in [3.8, 4) is 0 Å². The third kappa shape index (κ3) is 2.85. The first-order valence-corrected chi connectivity index (χ1v) is 7.47. The first-order chi connectivity index (χ1) is 9.78. The van der Waals surface area contributed by atoms with Gasteiger partial charge in [0.1, 0.15) is 6.61 Å². The van der Waals surface area contributed by atoms with E-state index in [1.807, 2.05) is 6.08 Å². The lowest BCUT2D eigenvalue weighted by Gasteiger charge is -2.32. The van der Waals surface area contributed by atoms with Gasteiger partial charge in [0.05, 0.1) is 18.2 Å². The average Bonchev–Trinajstić information content (AvgIpc) is 2.98. The van der Waals surface area contributed by atoms with Gasteiger partial charge in [-0.3, -0.25) is 4.90 Å². The predicted molar refractivity (Wildman–Crippen MR) is 76.5 cm³/mol. The van der Waals surface area contributed by atoms with Crippen molar-refractivity contribution in [1.29, 1.82) is 0 Å². The first-order valence-electron chi connectivity index (χ1n) is 7.47. The third-order valence-corrected chi connectivity index (χ3v) is 4.65. The maximum absolute atomic E-state index is 12.1. The fourth-order valence-electron chi connectivity index (χ4n) is 3.18. The number of hydrogen-bond donors (Lipinski definition) is 3. The number of esters is 1. The number of ether oxygens (including phenoxy) is 1. The number of nitrogens with zero attached hydrogens (tertiary/aromatic N) is 1. The maximum Gasteiger partial charge on any atom is 0.341 e. The lowest BCUT2D eigenvalue weighted by Crippen LogP contribution is -2.53. The molecule has 120 valence electrons. The van der Waals surface area contributed by atoms with Crippen LogP contribution in [0.1, 0.15) is 27.2 Å². The van der Waals surface area contributed by atoms with E-state index in [-0.39, 0.29) is 12.6 Å². The van der Waals surface area contributed by atoms with Crippen LogP contribution in [0.4, 0.5) is 0 Å². The van der Waals surface area contributed by atoms with Crippen LogP contribution in [0.15, 0.2) is 11.6 Å². The van der Waals surface area contributed by atoms with Crippen LogP contribution in [-0.2, 0) is 9.53 Å². The summed E-state index contributed by atoms with van der Waals surface area (Å²) in [6, 6.07) is -0.0866. The number of rotatable bonds is 5. The minimum atomic E-state index is -1.91. The SMILES string of the molecule is CC(C)[C@@](O)(C(=O)OCC1=CCN2CC[C@H](O)[C@H]12)[C@H](C)O. The number of fused-ring (bicyclic) bond motifs is 1. The molecule has 0 aromatic heterocycles. The molecule has 4 atom stereocenters. The Morgan fingerprint density at radius 2 is 2.19 bits per heavy atom. The van der Waals surface area contributed by atoms with Gasteiger partial charge in [0.25, 0.3) is 0 Å². The Balaban J connectivity index is 1.98. The lowest BCUT2D eigenvalue weighted by atomic mass is 9.85. The van der Waals surface area contributed by atoms with Crippen LogP contribution in [0.3, 0.4) is 0 Å². The van der Waals surface area contributed by atoms with E-state index in [4.69, 9.17) is 4.74 Å². The van der Waals surface area contributed by atoms with Gasteiger partial charge in [-0.25, -0.2) is 4.79 Å². The van der Waals surface area contributed by atoms with E-state index in [2.05, 4.69) is 4.90 Å². The largest absolute Gasteiger partial charge is 0.459 e. The van der Waals surface area contributed by atoms with E-state index in [9.17, 15) is 20.1 Å². The second-order valence-corrected chi connectivity index (χ2v) is 6.31. The van der Waals surface area contributed by atoms with Gasteiger partial charge in [0.15, 0.2) is 5.60 Å². The normalized spacial score (nSPS) is 30.0. The zero-order valence-corrected chi connectivity index (χ0v) is 12.8. The molecule has 0 saturated carbocycles. The zero-order chi connectivity index (χ0) is 15.8. The molecule has 3 N–H and O–H groups in total. The predicted octanol–water partition coefficient (Wildman–Crippen LogP) is -0.327. The van der Waals surface area contributed by atoms with Gasteiger partial charge in [-0.2, -0.15) is 0 Å². The molecule has 0 spiro atoms. The fraction of sp³-hybridized carbons (Fsp3) is 0.800. The molecule has 0 amide bonds. The molecule has 0 radical (unpaired) electrons. The van der Waals surface area contributed by atoms with Crippen molar-refractivity contribution in [2.24, 2.45) is 5.92 Å². The summed E-state index contributed by atoms with van der Waals surface area (Å²) in [5.41, 5.74) is -1.04. The molecule has 1 fully saturated rings. The molecule has 0 aromatic rings. The molecule has 0 bridgehead atoms. The van der Waals surface area contributed by atoms with Gasteiger partial charge in [-0.05, 0) is 24.8 Å². The smallest absolute Gasteiger partial charge is 0.341 e. The lowest BCUT2D eigenvalue weighted by molar-refractivity contribution is -0.183. The second kappa shape index (κ2) is 6.04. The van der Waals surface area contributed by atoms with Crippen LogP contribution in [0.2, 0.25) is 0 Å². The Morgan fingerprint density at radius 3 is 2.76 bits per heavy atom. The summed E-state index contributed by atoms with van der Waals surface area (Å²) in [7, 11) is 0. The van der Waals surface area contributed by atoms with Gasteiger partial charge in [0.2, 0.25) is 0 Å². The number of aliphatic hydroxyl groups excluding tert-OH is 2. The minimum absolute atomic E-state index is 0.0405. The van der Waals surface area contributed by atoms with Crippen molar-refractivity contribution in [2.45, 2.75) is 51.0 Å². The van der Waals surface area contributed by atoms with Crippen LogP contribution < -0.4 is 0 Å². The van der Waals surface area contributed by atoms with Gasteiger partial charge >= 0.3 is 5.97 Å². The van der Waals surface area contributed by atoms with Crippen molar-refractivity contribution in [3.05, 3.63) is 11.6 Å². The molecule has 2 heterocycles. The standard InChI is InChI=1S/C15H25NO5/c1-9(2)15(20,10(3)17)14(19)21-8-11-4-6-16-7-5-12(18)13(11)16/h4,9-10,12-13,17-18,20H,5-8H2,1-3H3/t10-,12-,13-,15-/m0/s1. The van der Waals surface area contributed by atoms with Gasteiger partial charge in [-0.1, -0.05) is 19.9 Å². The third-order valence-electron chi connectivity index (χ3n) is 4.65. The van der Waals surface area contributed by atoms with Gasteiger partial charge in [0, 0.05) is 13.1 Å². The molecular weight excluding hydrogens is 274 g/mol. The van der Waals surface area contributed by atoms with Crippen molar-refractivity contribution in [3.63, 3.8) is 0 Å². The van der Waals surface area contributed by atoms with Crippen LogP contribution in [-0.4, -0.2) is 69.7 Å². The number of carbonyl (C=O) groups is 1. The van der Waals surface area contributed by atoms with E-state index in [1.54, 1.807) is 13.8 Å². The Kier molecular flexibility index (Phi) is 4.72. The van der Waals surface area contributed by atoms with E-state index >= 15 is 0 Å². The molecule has 0 unspecified atom stereocenters. The Hall–Kier alpha value is -0.950. The van der Waals surface area contributed by atoms with Gasteiger partial charge in [-0.15, -0.1) is 0 Å². The first kappa shape index (κ1) is 16.4. The summed E-state index contributed by atoms with van der Waals surface area (Å²) in [6.07, 6.45) is 1.03. The zero-order valence-electron chi connectivity index (χ0n) is 12.8. The fourth-order valence-corrected chi connectivity index (χ4v) is 3.18. The summed E-state index contributed by atoms with van der Waals surface area (Å²) in [5, 5.41) is 30.0. The highest BCUT2D eigenvalue weighted by atomic mass is 16.6. The Morgan fingerprint density at radius 1 is 1.52 bits per heavy atom.